The molecule has 90 valence electrons. The molecule has 0 fully saturated rings. The third-order valence-electron chi connectivity index (χ3n) is 2.24. The number of benzene rings is 1. The molecule has 0 amide bonds. The smallest absolute Gasteiger partial charge is 0.185 e. The molecule has 0 atom stereocenters. The highest BCUT2D eigenvalue weighted by Gasteiger charge is 2.01. The average molecular weight is 267 g/mol. The van der Waals surface area contributed by atoms with Crippen molar-refractivity contribution < 1.29 is 4.79 Å². The Balaban J connectivity index is 2.69. The van der Waals surface area contributed by atoms with Gasteiger partial charge in [-0.15, -0.1) is 0 Å². The van der Waals surface area contributed by atoms with Crippen molar-refractivity contribution in [3.8, 4) is 11.8 Å². The van der Waals surface area contributed by atoms with E-state index in [1.54, 1.807) is 6.92 Å². The maximum Gasteiger partial charge on any atom is 0.185 e. The summed E-state index contributed by atoms with van der Waals surface area (Å²) >= 11 is 7.27. The summed E-state index contributed by atoms with van der Waals surface area (Å²) in [7, 11) is 0. The molecule has 1 nitrogen and oxygen atoms in total. The zero-order chi connectivity index (χ0) is 12.8. The van der Waals surface area contributed by atoms with E-state index in [4.69, 9.17) is 11.6 Å². The van der Waals surface area contributed by atoms with Crippen LogP contribution in [0.4, 0.5) is 0 Å². The number of aryl methyl sites for hydroxylation is 2. The highest BCUT2D eigenvalue weighted by Crippen LogP contribution is 2.19. The quantitative estimate of drug-likeness (QED) is 0.595. The number of hydrogen-bond donors (Lipinski definition) is 0. The minimum atomic E-state index is 0.144. The molecule has 0 bridgehead atoms. The van der Waals surface area contributed by atoms with Crippen LogP contribution >= 0.6 is 23.4 Å². The first-order valence-corrected chi connectivity index (χ1v) is 6.76. The van der Waals surface area contributed by atoms with E-state index in [1.165, 1.54) is 11.8 Å². The normalized spacial score (nSPS) is 9.65. The molecular formula is C14H15ClOS. The number of halogens is 1. The minimum absolute atomic E-state index is 0.144. The van der Waals surface area contributed by atoms with Gasteiger partial charge in [-0.1, -0.05) is 35.2 Å². The molecule has 0 saturated carbocycles. The predicted molar refractivity (Wildman–Crippen MR) is 75.6 cm³/mol. The Hall–Kier alpha value is -0.910. The van der Waals surface area contributed by atoms with Crippen LogP contribution in [0, 0.1) is 25.7 Å². The Kier molecular flexibility index (Phi) is 5.61. The molecular weight excluding hydrogens is 252 g/mol. The second-order valence-corrected chi connectivity index (χ2v) is 5.51. The lowest BCUT2D eigenvalue weighted by Gasteiger charge is -2.03. The molecule has 0 aliphatic carbocycles. The van der Waals surface area contributed by atoms with Gasteiger partial charge in [-0.05, 0) is 37.1 Å². The van der Waals surface area contributed by atoms with Crippen LogP contribution in [-0.4, -0.2) is 10.9 Å². The molecule has 0 unspecified atom stereocenters. The fourth-order valence-corrected chi connectivity index (χ4v) is 2.32. The van der Waals surface area contributed by atoms with E-state index in [1.807, 2.05) is 26.0 Å². The van der Waals surface area contributed by atoms with E-state index in [0.717, 1.165) is 33.9 Å². The van der Waals surface area contributed by atoms with Crippen molar-refractivity contribution in [2.24, 2.45) is 0 Å². The molecule has 0 radical (unpaired) electrons. The molecule has 3 heteroatoms. The van der Waals surface area contributed by atoms with E-state index in [-0.39, 0.29) is 5.12 Å². The lowest BCUT2D eigenvalue weighted by atomic mass is 10.0. The summed E-state index contributed by atoms with van der Waals surface area (Å²) in [5.41, 5.74) is 3.24. The zero-order valence-corrected chi connectivity index (χ0v) is 11.8. The van der Waals surface area contributed by atoms with Crippen LogP contribution in [0.15, 0.2) is 12.1 Å². The molecule has 0 saturated heterocycles. The van der Waals surface area contributed by atoms with Crippen molar-refractivity contribution in [1.29, 1.82) is 0 Å². The van der Waals surface area contributed by atoms with Crippen LogP contribution in [0.25, 0.3) is 0 Å². The number of thioether (sulfide) groups is 1. The first kappa shape index (κ1) is 14.2. The third kappa shape index (κ3) is 4.85. The van der Waals surface area contributed by atoms with E-state index in [2.05, 4.69) is 11.8 Å². The third-order valence-corrected chi connectivity index (χ3v) is 3.28. The van der Waals surface area contributed by atoms with Crippen molar-refractivity contribution in [3.05, 3.63) is 33.8 Å². The van der Waals surface area contributed by atoms with E-state index in [0.29, 0.717) is 0 Å². The van der Waals surface area contributed by atoms with Gasteiger partial charge in [-0.2, -0.15) is 0 Å². The predicted octanol–water partition coefficient (Wildman–Crippen LogP) is 3.98. The monoisotopic (exact) mass is 266 g/mol. The van der Waals surface area contributed by atoms with Crippen LogP contribution in [0.5, 0.6) is 0 Å². The Morgan fingerprint density at radius 1 is 1.35 bits per heavy atom. The number of hydrogen-bond acceptors (Lipinski definition) is 2. The molecule has 1 aromatic carbocycles. The van der Waals surface area contributed by atoms with Gasteiger partial charge >= 0.3 is 0 Å². The van der Waals surface area contributed by atoms with Gasteiger partial charge in [-0.3, -0.25) is 4.79 Å². The summed E-state index contributed by atoms with van der Waals surface area (Å²) in [6.07, 6.45) is 0.728. The van der Waals surface area contributed by atoms with Crippen LogP contribution in [0.3, 0.4) is 0 Å². The lowest BCUT2D eigenvalue weighted by molar-refractivity contribution is -0.109. The number of carbonyl (C=O) groups excluding carboxylic acids is 1. The van der Waals surface area contributed by atoms with Crippen molar-refractivity contribution >= 4 is 28.5 Å². The highest BCUT2D eigenvalue weighted by atomic mass is 35.5. The summed E-state index contributed by atoms with van der Waals surface area (Å²) < 4.78 is 0. The highest BCUT2D eigenvalue weighted by molar-refractivity contribution is 8.13. The molecule has 17 heavy (non-hydrogen) atoms. The summed E-state index contributed by atoms with van der Waals surface area (Å²) in [5, 5.41) is 0.892. The zero-order valence-electron chi connectivity index (χ0n) is 10.3. The van der Waals surface area contributed by atoms with Gasteiger partial charge in [0.25, 0.3) is 0 Å². The molecule has 0 N–H and O–H groups in total. The molecule has 0 heterocycles. The van der Waals surface area contributed by atoms with Crippen molar-refractivity contribution in [2.45, 2.75) is 27.2 Å². The standard InChI is InChI=1S/C14H15ClOS/c1-10-8-13(15)9-11(2)14(10)6-4-5-7-17-12(3)16/h8-9H,5,7H2,1-3H3. The summed E-state index contributed by atoms with van der Waals surface area (Å²) in [6, 6.07) is 3.84. The maximum atomic E-state index is 10.7. The van der Waals surface area contributed by atoms with Gasteiger partial charge in [0.05, 0.1) is 0 Å². The summed E-state index contributed by atoms with van der Waals surface area (Å²) in [6.45, 7) is 5.59. The van der Waals surface area contributed by atoms with Crippen LogP contribution in [0.1, 0.15) is 30.0 Å². The molecule has 0 aliphatic heterocycles. The second-order valence-electron chi connectivity index (χ2n) is 3.81. The van der Waals surface area contributed by atoms with Gasteiger partial charge in [0.15, 0.2) is 5.12 Å². The van der Waals surface area contributed by atoms with Crippen molar-refractivity contribution in [3.63, 3.8) is 0 Å². The van der Waals surface area contributed by atoms with Crippen molar-refractivity contribution in [2.75, 3.05) is 5.75 Å². The van der Waals surface area contributed by atoms with Gasteiger partial charge in [0, 0.05) is 29.7 Å². The van der Waals surface area contributed by atoms with E-state index in [9.17, 15) is 4.79 Å². The van der Waals surface area contributed by atoms with Crippen LogP contribution in [0.2, 0.25) is 5.02 Å². The Morgan fingerprint density at radius 2 is 1.94 bits per heavy atom. The summed E-state index contributed by atoms with van der Waals surface area (Å²) in [5.74, 6) is 7.00. The average Bonchev–Trinajstić information content (AvgIpc) is 2.20. The van der Waals surface area contributed by atoms with E-state index < -0.39 is 0 Å². The molecule has 0 aliphatic rings. The Morgan fingerprint density at radius 3 is 2.47 bits per heavy atom. The SMILES string of the molecule is CC(=O)SCCC#Cc1c(C)cc(Cl)cc1C. The van der Waals surface area contributed by atoms with Gasteiger partial charge < -0.3 is 0 Å². The second kappa shape index (κ2) is 6.74. The first-order valence-electron chi connectivity index (χ1n) is 5.39. The first-order chi connectivity index (χ1) is 8.00. The number of carbonyl (C=O) groups is 1. The largest absolute Gasteiger partial charge is 0.288 e. The maximum absolute atomic E-state index is 10.7. The fourth-order valence-electron chi connectivity index (χ4n) is 1.50. The van der Waals surface area contributed by atoms with Crippen molar-refractivity contribution in [1.82, 2.24) is 0 Å². The van der Waals surface area contributed by atoms with Gasteiger partial charge in [-0.25, -0.2) is 0 Å². The molecule has 1 aromatic rings. The Labute approximate surface area is 112 Å². The molecule has 0 aromatic heterocycles. The topological polar surface area (TPSA) is 17.1 Å². The van der Waals surface area contributed by atoms with Crippen LogP contribution in [-0.2, 0) is 4.79 Å². The van der Waals surface area contributed by atoms with Crippen LogP contribution < -0.4 is 0 Å². The number of rotatable bonds is 2. The van der Waals surface area contributed by atoms with Gasteiger partial charge in [0.2, 0.25) is 0 Å². The lowest BCUT2D eigenvalue weighted by Crippen LogP contribution is -1.88. The fraction of sp³-hybridized carbons (Fsp3) is 0.357. The Bertz CT molecular complexity index is 460. The van der Waals surface area contributed by atoms with E-state index >= 15 is 0 Å². The molecule has 1 rings (SSSR count). The van der Waals surface area contributed by atoms with Gasteiger partial charge in [0.1, 0.15) is 0 Å². The summed E-state index contributed by atoms with van der Waals surface area (Å²) in [4.78, 5) is 10.7. The molecule has 0 spiro atoms. The minimum Gasteiger partial charge on any atom is -0.288 e.